The third-order valence-corrected chi connectivity index (χ3v) is 5.44. The van der Waals surface area contributed by atoms with Crippen LogP contribution in [0.3, 0.4) is 0 Å². The lowest BCUT2D eigenvalue weighted by Crippen LogP contribution is -2.45. The summed E-state index contributed by atoms with van der Waals surface area (Å²) in [6, 6.07) is 15.0. The molecule has 1 heterocycles. The molecule has 0 radical (unpaired) electrons. The molecule has 3 rings (SSSR count). The van der Waals surface area contributed by atoms with Gasteiger partial charge in [-0.05, 0) is 33.5 Å². The molecule has 0 saturated carbocycles. The van der Waals surface area contributed by atoms with E-state index < -0.39 is 12.0 Å². The van der Waals surface area contributed by atoms with Gasteiger partial charge in [-0.3, -0.25) is 9.59 Å². The van der Waals surface area contributed by atoms with E-state index in [-0.39, 0.29) is 12.3 Å². The van der Waals surface area contributed by atoms with Gasteiger partial charge in [0.15, 0.2) is 5.82 Å². The third-order valence-electron chi connectivity index (χ3n) is 5.44. The molecule has 0 saturated heterocycles. The van der Waals surface area contributed by atoms with Crippen LogP contribution < -0.4 is 5.73 Å². The smallest absolute Gasteiger partial charge is 0.307 e. The van der Waals surface area contributed by atoms with Crippen LogP contribution in [0.25, 0.3) is 22.5 Å². The summed E-state index contributed by atoms with van der Waals surface area (Å²) in [5.74, 6) is -0.139. The first-order chi connectivity index (χ1) is 16.0. The minimum absolute atomic E-state index is 0.133. The molecule has 0 aliphatic heterocycles. The standard InChI is InChI=1S/C24H30N6O3/c1-3-4-7-14-30(24(32)21(25)15-22(31)33-2)16-17-10-12-18(13-11-17)19-8-5-6-9-20(19)23-26-28-29-27-23/h5-6,8-13,21H,3-4,7,14-16,25H2,1-2H3,(H,26,27,28,29)/t21-/m0/s1. The van der Waals surface area contributed by atoms with Gasteiger partial charge in [0.1, 0.15) is 0 Å². The summed E-state index contributed by atoms with van der Waals surface area (Å²) in [6.07, 6.45) is 2.81. The van der Waals surface area contributed by atoms with Gasteiger partial charge in [-0.15, -0.1) is 5.10 Å². The number of ether oxygens (including phenoxy) is 1. The maximum atomic E-state index is 12.9. The first-order valence-electron chi connectivity index (χ1n) is 11.1. The number of tetrazole rings is 1. The van der Waals surface area contributed by atoms with Crippen LogP contribution in [0.4, 0.5) is 0 Å². The summed E-state index contributed by atoms with van der Waals surface area (Å²) < 4.78 is 4.66. The Morgan fingerprint density at radius 1 is 1.09 bits per heavy atom. The predicted molar refractivity (Wildman–Crippen MR) is 125 cm³/mol. The van der Waals surface area contributed by atoms with Crippen molar-refractivity contribution in [2.24, 2.45) is 5.73 Å². The van der Waals surface area contributed by atoms with Crippen molar-refractivity contribution in [3.8, 4) is 22.5 Å². The van der Waals surface area contributed by atoms with Gasteiger partial charge in [-0.25, -0.2) is 5.10 Å². The quantitative estimate of drug-likeness (QED) is 0.340. The molecule has 1 aromatic heterocycles. The van der Waals surface area contributed by atoms with Crippen molar-refractivity contribution in [2.75, 3.05) is 13.7 Å². The fourth-order valence-electron chi connectivity index (χ4n) is 3.63. The molecular weight excluding hydrogens is 420 g/mol. The number of nitrogens with one attached hydrogen (secondary N) is 1. The third kappa shape index (κ3) is 6.45. The largest absolute Gasteiger partial charge is 0.469 e. The van der Waals surface area contributed by atoms with E-state index in [2.05, 4.69) is 32.3 Å². The fraction of sp³-hybridized carbons (Fsp3) is 0.375. The minimum Gasteiger partial charge on any atom is -0.469 e. The molecular formula is C24H30N6O3. The number of carbonyl (C=O) groups is 2. The predicted octanol–water partition coefficient (Wildman–Crippen LogP) is 2.94. The molecule has 0 aliphatic rings. The van der Waals surface area contributed by atoms with Gasteiger partial charge in [0.25, 0.3) is 0 Å². The second-order valence-corrected chi connectivity index (χ2v) is 7.85. The Kier molecular flexibility index (Phi) is 8.65. The van der Waals surface area contributed by atoms with Crippen molar-refractivity contribution >= 4 is 11.9 Å². The topological polar surface area (TPSA) is 127 Å². The Bertz CT molecular complexity index is 1040. The number of aromatic nitrogens is 4. The van der Waals surface area contributed by atoms with Crippen LogP contribution in [0.1, 0.15) is 38.2 Å². The Morgan fingerprint density at radius 2 is 1.82 bits per heavy atom. The van der Waals surface area contributed by atoms with Crippen molar-refractivity contribution in [3.63, 3.8) is 0 Å². The van der Waals surface area contributed by atoms with Gasteiger partial charge < -0.3 is 15.4 Å². The number of hydrogen-bond acceptors (Lipinski definition) is 7. The lowest BCUT2D eigenvalue weighted by Gasteiger charge is -2.26. The van der Waals surface area contributed by atoms with E-state index in [0.717, 1.165) is 41.5 Å². The van der Waals surface area contributed by atoms with E-state index in [9.17, 15) is 9.59 Å². The number of carbonyl (C=O) groups excluding carboxylic acids is 2. The van der Waals surface area contributed by atoms with Gasteiger partial charge in [-0.1, -0.05) is 68.3 Å². The average molecular weight is 451 g/mol. The highest BCUT2D eigenvalue weighted by Crippen LogP contribution is 2.29. The van der Waals surface area contributed by atoms with Crippen LogP contribution in [-0.4, -0.2) is 57.1 Å². The number of unbranched alkanes of at least 4 members (excludes halogenated alkanes) is 2. The molecule has 0 fully saturated rings. The summed E-state index contributed by atoms with van der Waals surface area (Å²) in [5.41, 5.74) is 9.90. The van der Waals surface area contributed by atoms with E-state index in [1.54, 1.807) is 4.90 Å². The van der Waals surface area contributed by atoms with Crippen LogP contribution in [0.2, 0.25) is 0 Å². The number of H-pyrrole nitrogens is 1. The summed E-state index contributed by atoms with van der Waals surface area (Å²) in [6.45, 7) is 3.12. The Morgan fingerprint density at radius 3 is 2.45 bits per heavy atom. The molecule has 0 unspecified atom stereocenters. The second kappa shape index (κ2) is 11.9. The zero-order valence-electron chi connectivity index (χ0n) is 19.0. The van der Waals surface area contributed by atoms with Crippen molar-refractivity contribution in [1.29, 1.82) is 0 Å². The van der Waals surface area contributed by atoms with Gasteiger partial charge in [0.05, 0.1) is 19.6 Å². The first-order valence-corrected chi connectivity index (χ1v) is 11.1. The molecule has 1 atom stereocenters. The number of aromatic amines is 1. The fourth-order valence-corrected chi connectivity index (χ4v) is 3.63. The van der Waals surface area contributed by atoms with Crippen molar-refractivity contribution < 1.29 is 14.3 Å². The number of esters is 1. The van der Waals surface area contributed by atoms with Crippen molar-refractivity contribution in [2.45, 2.75) is 45.2 Å². The molecule has 9 nitrogen and oxygen atoms in total. The highest BCUT2D eigenvalue weighted by atomic mass is 16.5. The van der Waals surface area contributed by atoms with Gasteiger partial charge in [-0.2, -0.15) is 0 Å². The maximum absolute atomic E-state index is 12.9. The van der Waals surface area contributed by atoms with Crippen LogP contribution >= 0.6 is 0 Å². The second-order valence-electron chi connectivity index (χ2n) is 7.85. The summed E-state index contributed by atoms with van der Waals surface area (Å²) in [7, 11) is 1.29. The number of rotatable bonds is 11. The molecule has 174 valence electrons. The summed E-state index contributed by atoms with van der Waals surface area (Å²) in [4.78, 5) is 26.2. The summed E-state index contributed by atoms with van der Waals surface area (Å²) in [5, 5.41) is 14.2. The lowest BCUT2D eigenvalue weighted by atomic mass is 9.98. The summed E-state index contributed by atoms with van der Waals surface area (Å²) >= 11 is 0. The van der Waals surface area contributed by atoms with E-state index >= 15 is 0 Å². The number of benzene rings is 2. The molecule has 9 heteroatoms. The normalized spacial score (nSPS) is 11.7. The molecule has 0 spiro atoms. The zero-order valence-corrected chi connectivity index (χ0v) is 19.0. The number of amides is 1. The van der Waals surface area contributed by atoms with Crippen LogP contribution in [0.5, 0.6) is 0 Å². The van der Waals surface area contributed by atoms with Gasteiger partial charge >= 0.3 is 5.97 Å². The van der Waals surface area contributed by atoms with Gasteiger partial charge in [0, 0.05) is 18.7 Å². The molecule has 2 aromatic carbocycles. The van der Waals surface area contributed by atoms with Crippen LogP contribution in [-0.2, 0) is 20.9 Å². The number of nitrogens with zero attached hydrogens (tertiary/aromatic N) is 4. The molecule has 1 amide bonds. The average Bonchev–Trinajstić information content (AvgIpc) is 3.38. The Labute approximate surface area is 193 Å². The Hall–Kier alpha value is -3.59. The maximum Gasteiger partial charge on any atom is 0.307 e. The SMILES string of the molecule is CCCCCN(Cc1ccc(-c2ccccc2-c2nnn[nH]2)cc1)C(=O)[C@@H](N)CC(=O)OC. The van der Waals surface area contributed by atoms with Crippen molar-refractivity contribution in [1.82, 2.24) is 25.5 Å². The minimum atomic E-state index is -0.916. The van der Waals surface area contributed by atoms with Gasteiger partial charge in [0.2, 0.25) is 5.91 Å². The highest BCUT2D eigenvalue weighted by Gasteiger charge is 2.24. The molecule has 3 aromatic rings. The first kappa shape index (κ1) is 24.1. The number of hydrogen-bond donors (Lipinski definition) is 2. The Balaban J connectivity index is 1.77. The van der Waals surface area contributed by atoms with Crippen LogP contribution in [0.15, 0.2) is 48.5 Å². The number of methoxy groups -OCH3 is 1. The van der Waals surface area contributed by atoms with E-state index in [1.807, 2.05) is 48.5 Å². The van der Waals surface area contributed by atoms with Crippen LogP contribution in [0, 0.1) is 0 Å². The number of nitrogens with two attached hydrogens (primary N) is 1. The lowest BCUT2D eigenvalue weighted by molar-refractivity contribution is -0.144. The molecule has 33 heavy (non-hydrogen) atoms. The monoisotopic (exact) mass is 450 g/mol. The van der Waals surface area contributed by atoms with E-state index in [1.165, 1.54) is 7.11 Å². The zero-order chi connectivity index (χ0) is 23.6. The van der Waals surface area contributed by atoms with E-state index in [0.29, 0.717) is 18.9 Å². The molecule has 0 bridgehead atoms. The van der Waals surface area contributed by atoms with E-state index in [4.69, 9.17) is 5.73 Å². The molecule has 0 aliphatic carbocycles. The van der Waals surface area contributed by atoms with Crippen molar-refractivity contribution in [3.05, 3.63) is 54.1 Å². The molecule has 3 N–H and O–H groups in total. The highest BCUT2D eigenvalue weighted by molar-refractivity contribution is 5.86.